The van der Waals surface area contributed by atoms with Crippen LogP contribution in [0, 0.1) is 12.7 Å². The Morgan fingerprint density at radius 3 is 2.64 bits per heavy atom. The summed E-state index contributed by atoms with van der Waals surface area (Å²) in [5.41, 5.74) is 2.31. The number of aryl methyl sites for hydroxylation is 1. The number of benzene rings is 2. The summed E-state index contributed by atoms with van der Waals surface area (Å²) in [5.74, 6) is -0.589. The molecular weight excluding hydrogens is 326 g/mol. The van der Waals surface area contributed by atoms with E-state index in [1.54, 1.807) is 24.3 Å². The first kappa shape index (κ1) is 16.6. The standard InChI is InChI=1S/C16H15Cl2FN2O/c1-10-8-11(17)2-5-15(10)21-16(22)6-7-20-12-3-4-14(19)13(18)9-12/h2-5,8-9,20H,6-7H2,1H3,(H,21,22). The highest BCUT2D eigenvalue weighted by Gasteiger charge is 2.06. The highest BCUT2D eigenvalue weighted by atomic mass is 35.5. The van der Waals surface area contributed by atoms with Crippen LogP contribution in [0.5, 0.6) is 0 Å². The lowest BCUT2D eigenvalue weighted by molar-refractivity contribution is -0.115. The fourth-order valence-corrected chi connectivity index (χ4v) is 2.31. The molecule has 0 radical (unpaired) electrons. The molecule has 0 unspecified atom stereocenters. The predicted molar refractivity (Wildman–Crippen MR) is 89.3 cm³/mol. The van der Waals surface area contributed by atoms with Gasteiger partial charge < -0.3 is 10.6 Å². The maximum atomic E-state index is 13.0. The average Bonchev–Trinajstić information content (AvgIpc) is 2.46. The number of rotatable bonds is 5. The number of hydrogen-bond acceptors (Lipinski definition) is 2. The molecule has 6 heteroatoms. The van der Waals surface area contributed by atoms with Gasteiger partial charge in [0.15, 0.2) is 0 Å². The SMILES string of the molecule is Cc1cc(Cl)ccc1NC(=O)CCNc1ccc(F)c(Cl)c1. The molecule has 0 aliphatic heterocycles. The Balaban J connectivity index is 1.83. The first-order valence-corrected chi connectivity index (χ1v) is 7.46. The van der Waals surface area contributed by atoms with Crippen molar-refractivity contribution < 1.29 is 9.18 Å². The van der Waals surface area contributed by atoms with Gasteiger partial charge in [-0.1, -0.05) is 23.2 Å². The molecule has 116 valence electrons. The molecule has 0 aliphatic rings. The molecule has 2 aromatic carbocycles. The number of nitrogens with one attached hydrogen (secondary N) is 2. The van der Waals surface area contributed by atoms with Gasteiger partial charge in [-0.25, -0.2) is 4.39 Å². The van der Waals surface area contributed by atoms with Gasteiger partial charge in [-0.2, -0.15) is 0 Å². The van der Waals surface area contributed by atoms with Crippen molar-refractivity contribution in [2.75, 3.05) is 17.2 Å². The summed E-state index contributed by atoms with van der Waals surface area (Å²) >= 11 is 11.6. The predicted octanol–water partition coefficient (Wildman–Crippen LogP) is 4.88. The van der Waals surface area contributed by atoms with Crippen LogP contribution in [0.25, 0.3) is 0 Å². The molecule has 0 fully saturated rings. The van der Waals surface area contributed by atoms with Gasteiger partial charge in [-0.05, 0) is 48.9 Å². The lowest BCUT2D eigenvalue weighted by Gasteiger charge is -2.10. The van der Waals surface area contributed by atoms with Crippen molar-refractivity contribution in [1.29, 1.82) is 0 Å². The van der Waals surface area contributed by atoms with Gasteiger partial charge in [0.2, 0.25) is 5.91 Å². The van der Waals surface area contributed by atoms with Crippen molar-refractivity contribution in [2.45, 2.75) is 13.3 Å². The van der Waals surface area contributed by atoms with E-state index in [9.17, 15) is 9.18 Å². The second kappa shape index (κ2) is 7.47. The third-order valence-corrected chi connectivity index (χ3v) is 3.59. The Hall–Kier alpha value is -1.78. The molecule has 0 atom stereocenters. The lowest BCUT2D eigenvalue weighted by atomic mass is 10.2. The summed E-state index contributed by atoms with van der Waals surface area (Å²) in [6, 6.07) is 9.62. The maximum absolute atomic E-state index is 13.0. The Kier molecular flexibility index (Phi) is 5.63. The molecule has 0 aromatic heterocycles. The summed E-state index contributed by atoms with van der Waals surface area (Å²) in [7, 11) is 0. The molecule has 0 bridgehead atoms. The monoisotopic (exact) mass is 340 g/mol. The van der Waals surface area contributed by atoms with Gasteiger partial charge in [0.25, 0.3) is 0 Å². The van der Waals surface area contributed by atoms with Crippen LogP contribution in [0.3, 0.4) is 0 Å². The minimum Gasteiger partial charge on any atom is -0.384 e. The average molecular weight is 341 g/mol. The molecular formula is C16H15Cl2FN2O. The number of carbonyl (C=O) groups is 1. The molecule has 0 aliphatic carbocycles. The molecule has 0 heterocycles. The van der Waals surface area contributed by atoms with E-state index < -0.39 is 5.82 Å². The summed E-state index contributed by atoms with van der Waals surface area (Å²) in [5, 5.41) is 6.52. The number of anilines is 2. The molecule has 0 saturated carbocycles. The van der Waals surface area contributed by atoms with Crippen LogP contribution in [0.4, 0.5) is 15.8 Å². The van der Waals surface area contributed by atoms with Crippen molar-refractivity contribution >= 4 is 40.5 Å². The minimum absolute atomic E-state index is 0.0474. The van der Waals surface area contributed by atoms with E-state index >= 15 is 0 Å². The Labute approximate surface area is 138 Å². The van der Waals surface area contributed by atoms with Crippen LogP contribution < -0.4 is 10.6 Å². The third-order valence-electron chi connectivity index (χ3n) is 3.06. The fraction of sp³-hybridized carbons (Fsp3) is 0.188. The van der Waals surface area contributed by atoms with Crippen LogP contribution in [-0.4, -0.2) is 12.5 Å². The zero-order valence-electron chi connectivity index (χ0n) is 11.9. The zero-order valence-corrected chi connectivity index (χ0v) is 13.4. The molecule has 22 heavy (non-hydrogen) atoms. The molecule has 0 saturated heterocycles. The molecule has 1 amide bonds. The largest absolute Gasteiger partial charge is 0.384 e. The second-order valence-corrected chi connectivity index (χ2v) is 5.66. The first-order chi connectivity index (χ1) is 10.5. The Bertz CT molecular complexity index is 692. The summed E-state index contributed by atoms with van der Waals surface area (Å²) in [6.07, 6.45) is 0.275. The lowest BCUT2D eigenvalue weighted by Crippen LogP contribution is -2.16. The minimum atomic E-state index is -0.469. The van der Waals surface area contributed by atoms with Crippen LogP contribution in [0.1, 0.15) is 12.0 Å². The third kappa shape index (κ3) is 4.61. The first-order valence-electron chi connectivity index (χ1n) is 6.70. The number of halogens is 3. The van der Waals surface area contributed by atoms with Gasteiger partial charge in [-0.15, -0.1) is 0 Å². The summed E-state index contributed by atoms with van der Waals surface area (Å²) in [6.45, 7) is 2.29. The quantitative estimate of drug-likeness (QED) is 0.814. The molecule has 3 nitrogen and oxygen atoms in total. The number of hydrogen-bond donors (Lipinski definition) is 2. The smallest absolute Gasteiger partial charge is 0.226 e. The zero-order chi connectivity index (χ0) is 16.1. The summed E-state index contributed by atoms with van der Waals surface area (Å²) < 4.78 is 13.0. The van der Waals surface area contributed by atoms with E-state index in [4.69, 9.17) is 23.2 Å². The molecule has 2 N–H and O–H groups in total. The fourth-order valence-electron chi connectivity index (χ4n) is 1.91. The normalized spacial score (nSPS) is 10.4. The van der Waals surface area contributed by atoms with Crippen LogP contribution in [0.15, 0.2) is 36.4 Å². The van der Waals surface area contributed by atoms with E-state index in [-0.39, 0.29) is 17.4 Å². The Morgan fingerprint density at radius 2 is 1.95 bits per heavy atom. The highest BCUT2D eigenvalue weighted by molar-refractivity contribution is 6.31. The van der Waals surface area contributed by atoms with E-state index in [1.807, 2.05) is 6.92 Å². The topological polar surface area (TPSA) is 41.1 Å². The van der Waals surface area contributed by atoms with Crippen LogP contribution >= 0.6 is 23.2 Å². The maximum Gasteiger partial charge on any atom is 0.226 e. The molecule has 2 rings (SSSR count). The van der Waals surface area contributed by atoms with Crippen molar-refractivity contribution in [3.05, 3.63) is 57.8 Å². The van der Waals surface area contributed by atoms with Gasteiger partial charge >= 0.3 is 0 Å². The van der Waals surface area contributed by atoms with Crippen LogP contribution in [-0.2, 0) is 4.79 Å². The van der Waals surface area contributed by atoms with E-state index in [1.165, 1.54) is 12.1 Å². The molecule has 2 aromatic rings. The van der Waals surface area contributed by atoms with Crippen molar-refractivity contribution in [2.24, 2.45) is 0 Å². The van der Waals surface area contributed by atoms with Crippen molar-refractivity contribution in [3.63, 3.8) is 0 Å². The molecule has 0 spiro atoms. The van der Waals surface area contributed by atoms with Gasteiger partial charge in [-0.3, -0.25) is 4.79 Å². The number of carbonyl (C=O) groups excluding carboxylic acids is 1. The summed E-state index contributed by atoms with van der Waals surface area (Å²) in [4.78, 5) is 11.9. The van der Waals surface area contributed by atoms with Crippen molar-refractivity contribution in [3.8, 4) is 0 Å². The van der Waals surface area contributed by atoms with Gasteiger partial charge in [0, 0.05) is 29.4 Å². The van der Waals surface area contributed by atoms with E-state index in [0.29, 0.717) is 17.3 Å². The van der Waals surface area contributed by atoms with E-state index in [0.717, 1.165) is 11.3 Å². The van der Waals surface area contributed by atoms with Crippen molar-refractivity contribution in [1.82, 2.24) is 0 Å². The van der Waals surface area contributed by atoms with E-state index in [2.05, 4.69) is 10.6 Å². The number of amides is 1. The van der Waals surface area contributed by atoms with Gasteiger partial charge in [0.1, 0.15) is 5.82 Å². The Morgan fingerprint density at radius 1 is 1.18 bits per heavy atom. The highest BCUT2D eigenvalue weighted by Crippen LogP contribution is 2.20. The second-order valence-electron chi connectivity index (χ2n) is 4.81. The van der Waals surface area contributed by atoms with Crippen LogP contribution in [0.2, 0.25) is 10.0 Å². The van der Waals surface area contributed by atoms with Gasteiger partial charge in [0.05, 0.1) is 5.02 Å².